The van der Waals surface area contributed by atoms with E-state index in [9.17, 15) is 0 Å². The van der Waals surface area contributed by atoms with Gasteiger partial charge in [0.15, 0.2) is 0 Å². The Morgan fingerprint density at radius 2 is 2.17 bits per heavy atom. The van der Waals surface area contributed by atoms with E-state index in [-0.39, 0.29) is 0 Å². The molecule has 156 valence electrons. The predicted molar refractivity (Wildman–Crippen MR) is 123 cm³/mol. The zero-order chi connectivity index (χ0) is 20.2. The van der Waals surface area contributed by atoms with Crippen LogP contribution < -0.4 is 20.1 Å². The molecule has 2 heterocycles. The highest BCUT2D eigenvalue weighted by atomic mass is 35.5. The third-order valence-electron chi connectivity index (χ3n) is 5.99. The van der Waals surface area contributed by atoms with E-state index in [0.717, 1.165) is 54.7 Å². The van der Waals surface area contributed by atoms with E-state index < -0.39 is 0 Å². The van der Waals surface area contributed by atoms with Crippen molar-refractivity contribution in [2.45, 2.75) is 37.0 Å². The van der Waals surface area contributed by atoms with Gasteiger partial charge >= 0.3 is 0 Å². The van der Waals surface area contributed by atoms with E-state index >= 15 is 0 Å². The number of nitrogens with two attached hydrogens (primary N) is 1. The number of nitrogens with zero attached hydrogens (tertiary/aromatic N) is 1. The lowest BCUT2D eigenvalue weighted by atomic mass is 9.91. The topological polar surface area (TPSA) is 50.5 Å². The Morgan fingerprint density at radius 1 is 1.28 bits per heavy atom. The number of hydrogen-bond donors (Lipinski definition) is 2. The molecule has 1 saturated heterocycles. The van der Waals surface area contributed by atoms with Gasteiger partial charge in [-0.2, -0.15) is 0 Å². The molecule has 1 fully saturated rings. The summed E-state index contributed by atoms with van der Waals surface area (Å²) >= 11 is 7.60. The lowest BCUT2D eigenvalue weighted by molar-refractivity contribution is 0.299. The van der Waals surface area contributed by atoms with E-state index in [1.807, 2.05) is 12.1 Å². The van der Waals surface area contributed by atoms with Gasteiger partial charge in [0, 0.05) is 28.9 Å². The molecule has 2 aromatic rings. The summed E-state index contributed by atoms with van der Waals surface area (Å²) in [4.78, 5) is 3.59. The molecule has 0 spiro atoms. The molecule has 2 aromatic carbocycles. The van der Waals surface area contributed by atoms with Crippen LogP contribution in [0.25, 0.3) is 0 Å². The fourth-order valence-electron chi connectivity index (χ4n) is 4.55. The molecule has 0 saturated carbocycles. The van der Waals surface area contributed by atoms with Crippen molar-refractivity contribution in [2.24, 2.45) is 11.1 Å². The highest BCUT2D eigenvalue weighted by molar-refractivity contribution is 7.97. The molecule has 6 heteroatoms. The summed E-state index contributed by atoms with van der Waals surface area (Å²) in [7, 11) is 0. The van der Waals surface area contributed by atoms with Crippen LogP contribution in [0.5, 0.6) is 5.75 Å². The standard InChI is InChI=1S/C23H30ClN3OS/c1-2-3-17-10-19(24)4-6-21(17)18-14-27(13-16-8-9-26-12-16)22-11-20(29-25)5-7-23(22)28-15-18/h4-7,10-11,16,18,26H,2-3,8-9,12-15,25H2,1H3. The van der Waals surface area contributed by atoms with Gasteiger partial charge < -0.3 is 15.0 Å². The van der Waals surface area contributed by atoms with Gasteiger partial charge in [0.05, 0.1) is 12.3 Å². The van der Waals surface area contributed by atoms with Gasteiger partial charge in [-0.05, 0) is 85.3 Å². The zero-order valence-electron chi connectivity index (χ0n) is 17.0. The van der Waals surface area contributed by atoms with Gasteiger partial charge in [-0.15, -0.1) is 0 Å². The fourth-order valence-corrected chi connectivity index (χ4v) is 5.07. The van der Waals surface area contributed by atoms with Crippen LogP contribution in [0.15, 0.2) is 41.3 Å². The van der Waals surface area contributed by atoms with Crippen molar-refractivity contribution in [1.82, 2.24) is 5.32 Å². The predicted octanol–water partition coefficient (Wildman–Crippen LogP) is 4.85. The molecular weight excluding hydrogens is 402 g/mol. The second kappa shape index (κ2) is 9.61. The van der Waals surface area contributed by atoms with Crippen LogP contribution >= 0.6 is 23.5 Å². The van der Waals surface area contributed by atoms with Crippen molar-refractivity contribution in [1.29, 1.82) is 0 Å². The summed E-state index contributed by atoms with van der Waals surface area (Å²) in [6, 6.07) is 12.6. The third kappa shape index (κ3) is 4.85. The molecule has 0 bridgehead atoms. The number of aryl methyl sites for hydroxylation is 1. The third-order valence-corrected chi connectivity index (χ3v) is 6.75. The quantitative estimate of drug-likeness (QED) is 0.640. The van der Waals surface area contributed by atoms with Crippen molar-refractivity contribution >= 4 is 29.2 Å². The fraction of sp³-hybridized carbons (Fsp3) is 0.478. The molecule has 4 nitrogen and oxygen atoms in total. The minimum atomic E-state index is 0.310. The van der Waals surface area contributed by atoms with Gasteiger partial charge in [0.25, 0.3) is 0 Å². The molecule has 3 N–H and O–H groups in total. The zero-order valence-corrected chi connectivity index (χ0v) is 18.6. The van der Waals surface area contributed by atoms with Crippen LogP contribution in [-0.4, -0.2) is 32.8 Å². The first-order valence-electron chi connectivity index (χ1n) is 10.6. The number of benzene rings is 2. The van der Waals surface area contributed by atoms with E-state index in [0.29, 0.717) is 18.4 Å². The maximum atomic E-state index is 6.33. The maximum Gasteiger partial charge on any atom is 0.142 e. The second-order valence-electron chi connectivity index (χ2n) is 8.11. The lowest BCUT2D eigenvalue weighted by Crippen LogP contribution is -2.34. The largest absolute Gasteiger partial charge is 0.491 e. The highest BCUT2D eigenvalue weighted by Gasteiger charge is 2.28. The second-order valence-corrected chi connectivity index (χ2v) is 9.26. The number of fused-ring (bicyclic) bond motifs is 1. The first-order chi connectivity index (χ1) is 14.2. The Bertz CT molecular complexity index is 841. The van der Waals surface area contributed by atoms with E-state index in [4.69, 9.17) is 21.5 Å². The van der Waals surface area contributed by atoms with Crippen molar-refractivity contribution in [3.8, 4) is 5.75 Å². The average Bonchev–Trinajstić information content (AvgIpc) is 3.17. The number of nitrogens with one attached hydrogen (secondary N) is 1. The Morgan fingerprint density at radius 3 is 2.93 bits per heavy atom. The smallest absolute Gasteiger partial charge is 0.142 e. The molecule has 0 aromatic heterocycles. The van der Waals surface area contributed by atoms with E-state index in [2.05, 4.69) is 41.4 Å². The van der Waals surface area contributed by atoms with Crippen LogP contribution in [0.2, 0.25) is 5.02 Å². The molecule has 0 radical (unpaired) electrons. The molecule has 0 amide bonds. The van der Waals surface area contributed by atoms with Gasteiger partial charge in [-0.1, -0.05) is 31.0 Å². The first-order valence-corrected chi connectivity index (χ1v) is 11.8. The van der Waals surface area contributed by atoms with Gasteiger partial charge in [-0.3, -0.25) is 5.14 Å². The summed E-state index contributed by atoms with van der Waals surface area (Å²) in [6.45, 7) is 7.08. The van der Waals surface area contributed by atoms with Crippen molar-refractivity contribution in [3.05, 3.63) is 52.5 Å². The first kappa shape index (κ1) is 20.9. The molecule has 2 aliphatic heterocycles. The summed E-state index contributed by atoms with van der Waals surface area (Å²) in [5.41, 5.74) is 3.88. The number of halogens is 1. The Hall–Kier alpha value is -1.40. The van der Waals surface area contributed by atoms with Crippen molar-refractivity contribution in [2.75, 3.05) is 37.7 Å². The van der Waals surface area contributed by atoms with Crippen LogP contribution in [-0.2, 0) is 6.42 Å². The van der Waals surface area contributed by atoms with Crippen LogP contribution in [0.3, 0.4) is 0 Å². The molecule has 29 heavy (non-hydrogen) atoms. The summed E-state index contributed by atoms with van der Waals surface area (Å²) in [5, 5.41) is 10.2. The van der Waals surface area contributed by atoms with E-state index in [1.54, 1.807) is 0 Å². The summed E-state index contributed by atoms with van der Waals surface area (Å²) in [6.07, 6.45) is 3.38. The Labute approximate surface area is 183 Å². The number of hydrogen-bond acceptors (Lipinski definition) is 5. The van der Waals surface area contributed by atoms with Gasteiger partial charge in [0.1, 0.15) is 5.75 Å². The van der Waals surface area contributed by atoms with E-state index in [1.165, 1.54) is 35.2 Å². The monoisotopic (exact) mass is 431 g/mol. The minimum absolute atomic E-state index is 0.310. The number of ether oxygens (including phenoxy) is 1. The van der Waals surface area contributed by atoms with Crippen LogP contribution in [0, 0.1) is 5.92 Å². The Kier molecular flexibility index (Phi) is 6.91. The minimum Gasteiger partial charge on any atom is -0.491 e. The van der Waals surface area contributed by atoms with Crippen LogP contribution in [0.4, 0.5) is 5.69 Å². The van der Waals surface area contributed by atoms with Gasteiger partial charge in [0.2, 0.25) is 0 Å². The van der Waals surface area contributed by atoms with Gasteiger partial charge in [-0.25, -0.2) is 0 Å². The number of anilines is 1. The SMILES string of the molecule is CCCc1cc(Cl)ccc1C1COc2ccc(SN)cc2N(CC2CCNC2)C1. The average molecular weight is 432 g/mol. The Balaban J connectivity index is 1.67. The normalized spacial score (nSPS) is 21.6. The summed E-state index contributed by atoms with van der Waals surface area (Å²) < 4.78 is 6.33. The number of rotatable bonds is 6. The maximum absolute atomic E-state index is 6.33. The molecule has 2 unspecified atom stereocenters. The molecular formula is C23H30ClN3OS. The molecule has 2 atom stereocenters. The van der Waals surface area contributed by atoms with Crippen molar-refractivity contribution < 1.29 is 4.74 Å². The molecule has 2 aliphatic rings. The summed E-state index contributed by atoms with van der Waals surface area (Å²) in [5.74, 6) is 1.93. The lowest BCUT2D eigenvalue weighted by Gasteiger charge is -2.30. The van der Waals surface area contributed by atoms with Crippen LogP contribution in [0.1, 0.15) is 36.8 Å². The molecule has 4 rings (SSSR count). The molecule has 0 aliphatic carbocycles. The highest BCUT2D eigenvalue weighted by Crippen LogP contribution is 2.38. The van der Waals surface area contributed by atoms with Crippen molar-refractivity contribution in [3.63, 3.8) is 0 Å².